The van der Waals surface area contributed by atoms with Crippen molar-refractivity contribution in [3.8, 4) is 5.69 Å². The number of likely N-dealkylation sites (tertiary alicyclic amines) is 1. The standard InChI is InChI=1S/C23H22FN3O3/c24-17-10-8-16(9-11-17)21(28)15-19-7-4-14-26(19)23(30)20-12-13-22(29)27(25-20)18-5-2-1-3-6-18/h1-3,5-6,8-13,19,21,28H,4,7,14-15H2. The zero-order chi connectivity index (χ0) is 21.1. The van der Waals surface area contributed by atoms with E-state index in [1.165, 1.54) is 28.9 Å². The van der Waals surface area contributed by atoms with Crippen LogP contribution in [0.15, 0.2) is 71.5 Å². The highest BCUT2D eigenvalue weighted by Crippen LogP contribution is 2.28. The minimum atomic E-state index is -0.796. The van der Waals surface area contributed by atoms with Crippen molar-refractivity contribution in [2.45, 2.75) is 31.4 Å². The fourth-order valence-corrected chi connectivity index (χ4v) is 3.85. The number of halogens is 1. The lowest BCUT2D eigenvalue weighted by atomic mass is 10.0. The van der Waals surface area contributed by atoms with Crippen LogP contribution in [-0.2, 0) is 0 Å². The van der Waals surface area contributed by atoms with Crippen molar-refractivity contribution >= 4 is 5.91 Å². The Kier molecular flexibility index (Phi) is 5.72. The summed E-state index contributed by atoms with van der Waals surface area (Å²) in [6.07, 6.45) is 1.15. The molecule has 1 amide bonds. The van der Waals surface area contributed by atoms with Gasteiger partial charge in [0.2, 0.25) is 0 Å². The molecule has 1 aromatic heterocycles. The van der Waals surface area contributed by atoms with Gasteiger partial charge in [0.15, 0.2) is 0 Å². The lowest BCUT2D eigenvalue weighted by molar-refractivity contribution is 0.0659. The molecular formula is C23H22FN3O3. The summed E-state index contributed by atoms with van der Waals surface area (Å²) < 4.78 is 14.3. The first kappa shape index (κ1) is 20.0. The summed E-state index contributed by atoms with van der Waals surface area (Å²) in [5, 5.41) is 14.8. The van der Waals surface area contributed by atoms with E-state index in [-0.39, 0.29) is 29.0 Å². The number of carbonyl (C=O) groups is 1. The van der Waals surface area contributed by atoms with Crippen molar-refractivity contribution in [1.29, 1.82) is 0 Å². The molecular weight excluding hydrogens is 385 g/mol. The van der Waals surface area contributed by atoms with Crippen molar-refractivity contribution in [3.05, 3.63) is 94.2 Å². The van der Waals surface area contributed by atoms with E-state index >= 15 is 0 Å². The lowest BCUT2D eigenvalue weighted by Gasteiger charge is -2.26. The number of para-hydroxylation sites is 1. The summed E-state index contributed by atoms with van der Waals surface area (Å²) in [6.45, 7) is 0.561. The third-order valence-corrected chi connectivity index (χ3v) is 5.41. The summed E-state index contributed by atoms with van der Waals surface area (Å²) in [5.74, 6) is -0.628. The van der Waals surface area contributed by atoms with Gasteiger partial charge in [0.25, 0.3) is 11.5 Å². The van der Waals surface area contributed by atoms with Gasteiger partial charge in [-0.05, 0) is 55.2 Å². The van der Waals surface area contributed by atoms with Gasteiger partial charge in [0, 0.05) is 18.7 Å². The molecule has 3 aromatic rings. The fraction of sp³-hybridized carbons (Fsp3) is 0.261. The second-order valence-corrected chi connectivity index (χ2v) is 7.40. The van der Waals surface area contributed by atoms with Crippen LogP contribution in [0.25, 0.3) is 5.69 Å². The first-order valence-corrected chi connectivity index (χ1v) is 9.93. The Morgan fingerprint density at radius 3 is 2.57 bits per heavy atom. The molecule has 0 spiro atoms. The van der Waals surface area contributed by atoms with Crippen LogP contribution in [0.2, 0.25) is 0 Å². The average molecular weight is 407 g/mol. The van der Waals surface area contributed by atoms with E-state index in [1.54, 1.807) is 41.3 Å². The van der Waals surface area contributed by atoms with Crippen molar-refractivity contribution < 1.29 is 14.3 Å². The van der Waals surface area contributed by atoms with Gasteiger partial charge >= 0.3 is 0 Å². The minimum absolute atomic E-state index is 0.156. The van der Waals surface area contributed by atoms with Crippen molar-refractivity contribution in [2.24, 2.45) is 0 Å². The van der Waals surface area contributed by atoms with Gasteiger partial charge in [-0.3, -0.25) is 9.59 Å². The molecule has 30 heavy (non-hydrogen) atoms. The van der Waals surface area contributed by atoms with E-state index in [9.17, 15) is 19.1 Å². The number of aliphatic hydroxyl groups excluding tert-OH is 1. The maximum absolute atomic E-state index is 13.1. The average Bonchev–Trinajstić information content (AvgIpc) is 3.22. The molecule has 1 fully saturated rings. The first-order valence-electron chi connectivity index (χ1n) is 9.93. The smallest absolute Gasteiger partial charge is 0.274 e. The quantitative estimate of drug-likeness (QED) is 0.705. The van der Waals surface area contributed by atoms with Gasteiger partial charge in [-0.2, -0.15) is 9.78 Å². The van der Waals surface area contributed by atoms with E-state index < -0.39 is 6.10 Å². The Morgan fingerprint density at radius 2 is 1.83 bits per heavy atom. The molecule has 2 unspecified atom stereocenters. The van der Waals surface area contributed by atoms with Crippen LogP contribution in [0.1, 0.15) is 41.4 Å². The molecule has 1 aliphatic heterocycles. The number of aromatic nitrogens is 2. The number of aliphatic hydroxyl groups is 1. The Bertz CT molecular complexity index is 1080. The van der Waals surface area contributed by atoms with Crippen molar-refractivity contribution in [2.75, 3.05) is 6.54 Å². The molecule has 6 nitrogen and oxygen atoms in total. The van der Waals surface area contributed by atoms with Crippen LogP contribution in [0.3, 0.4) is 0 Å². The van der Waals surface area contributed by atoms with Gasteiger partial charge in [-0.25, -0.2) is 4.39 Å². The monoisotopic (exact) mass is 407 g/mol. The van der Waals surface area contributed by atoms with E-state index in [0.29, 0.717) is 24.2 Å². The number of benzene rings is 2. The number of hydrogen-bond donors (Lipinski definition) is 1. The molecule has 0 saturated carbocycles. The second-order valence-electron chi connectivity index (χ2n) is 7.40. The van der Waals surface area contributed by atoms with Crippen LogP contribution in [-0.4, -0.2) is 38.3 Å². The number of amides is 1. The van der Waals surface area contributed by atoms with Crippen LogP contribution >= 0.6 is 0 Å². The zero-order valence-electron chi connectivity index (χ0n) is 16.3. The number of nitrogens with zero attached hydrogens (tertiary/aromatic N) is 3. The summed E-state index contributed by atoms with van der Waals surface area (Å²) >= 11 is 0. The molecule has 1 aliphatic rings. The molecule has 1 N–H and O–H groups in total. The van der Waals surface area contributed by atoms with E-state index in [2.05, 4.69) is 5.10 Å². The fourth-order valence-electron chi connectivity index (χ4n) is 3.85. The Balaban J connectivity index is 1.54. The summed E-state index contributed by atoms with van der Waals surface area (Å²) in [6, 6.07) is 17.3. The molecule has 2 atom stereocenters. The Hall–Kier alpha value is -3.32. The molecule has 0 aliphatic carbocycles. The molecule has 2 aromatic carbocycles. The van der Waals surface area contributed by atoms with Crippen LogP contribution < -0.4 is 5.56 Å². The van der Waals surface area contributed by atoms with Crippen LogP contribution in [0, 0.1) is 5.82 Å². The summed E-state index contributed by atoms with van der Waals surface area (Å²) in [4.78, 5) is 27.1. The maximum atomic E-state index is 13.1. The van der Waals surface area contributed by atoms with E-state index in [0.717, 1.165) is 12.8 Å². The van der Waals surface area contributed by atoms with Gasteiger partial charge in [-0.1, -0.05) is 30.3 Å². The van der Waals surface area contributed by atoms with Crippen molar-refractivity contribution in [3.63, 3.8) is 0 Å². The molecule has 0 radical (unpaired) electrons. The van der Waals surface area contributed by atoms with E-state index in [4.69, 9.17) is 0 Å². The minimum Gasteiger partial charge on any atom is -0.388 e. The third kappa shape index (κ3) is 4.16. The van der Waals surface area contributed by atoms with Crippen LogP contribution in [0.5, 0.6) is 0 Å². The Morgan fingerprint density at radius 1 is 1.10 bits per heavy atom. The maximum Gasteiger partial charge on any atom is 0.274 e. The van der Waals surface area contributed by atoms with Gasteiger partial charge < -0.3 is 10.0 Å². The molecule has 1 saturated heterocycles. The van der Waals surface area contributed by atoms with Gasteiger partial charge in [-0.15, -0.1) is 0 Å². The zero-order valence-corrected chi connectivity index (χ0v) is 16.3. The topological polar surface area (TPSA) is 75.4 Å². The molecule has 7 heteroatoms. The highest BCUT2D eigenvalue weighted by atomic mass is 19.1. The third-order valence-electron chi connectivity index (χ3n) is 5.41. The largest absolute Gasteiger partial charge is 0.388 e. The number of hydrogen-bond acceptors (Lipinski definition) is 4. The second kappa shape index (κ2) is 8.59. The predicted octanol–water partition coefficient (Wildman–Crippen LogP) is 3.10. The normalized spacial score (nSPS) is 17.1. The summed E-state index contributed by atoms with van der Waals surface area (Å²) in [7, 11) is 0. The summed E-state index contributed by atoms with van der Waals surface area (Å²) in [5.41, 5.74) is 1.07. The Labute approximate surface area is 173 Å². The first-order chi connectivity index (χ1) is 14.5. The number of carbonyl (C=O) groups excluding carboxylic acids is 1. The van der Waals surface area contributed by atoms with Gasteiger partial charge in [0.05, 0.1) is 11.8 Å². The highest BCUT2D eigenvalue weighted by molar-refractivity contribution is 5.92. The number of rotatable bonds is 5. The SMILES string of the molecule is O=C(c1ccc(=O)n(-c2ccccc2)n1)N1CCCC1CC(O)c1ccc(F)cc1. The molecule has 0 bridgehead atoms. The lowest BCUT2D eigenvalue weighted by Crippen LogP contribution is -2.38. The van der Waals surface area contributed by atoms with Gasteiger partial charge in [0.1, 0.15) is 11.5 Å². The molecule has 4 rings (SSSR count). The predicted molar refractivity (Wildman–Crippen MR) is 110 cm³/mol. The highest BCUT2D eigenvalue weighted by Gasteiger charge is 2.32. The van der Waals surface area contributed by atoms with Crippen LogP contribution in [0.4, 0.5) is 4.39 Å². The van der Waals surface area contributed by atoms with E-state index in [1.807, 2.05) is 6.07 Å². The molecule has 2 heterocycles. The van der Waals surface area contributed by atoms with Crippen molar-refractivity contribution in [1.82, 2.24) is 14.7 Å². The molecule has 154 valence electrons.